The second-order valence-corrected chi connectivity index (χ2v) is 5.68. The zero-order valence-electron chi connectivity index (χ0n) is 15.3. The second-order valence-electron chi connectivity index (χ2n) is 5.68. The third kappa shape index (κ3) is 4.61. The normalized spacial score (nSPS) is 10.1. The Balaban J connectivity index is 1.62. The molecule has 0 saturated heterocycles. The predicted octanol–water partition coefficient (Wildman–Crippen LogP) is 3.27. The van der Waals surface area contributed by atoms with Gasteiger partial charge in [-0.05, 0) is 60.7 Å². The van der Waals surface area contributed by atoms with Gasteiger partial charge in [0.2, 0.25) is 0 Å². The van der Waals surface area contributed by atoms with Crippen molar-refractivity contribution < 1.29 is 19.1 Å². The molecule has 3 aromatic rings. The van der Waals surface area contributed by atoms with Gasteiger partial charge in [-0.1, -0.05) is 0 Å². The van der Waals surface area contributed by atoms with Crippen molar-refractivity contribution in [3.8, 4) is 5.75 Å². The fourth-order valence-corrected chi connectivity index (χ4v) is 2.34. The molecule has 0 bridgehead atoms. The Hall–Kier alpha value is -3.94. The third-order valence-corrected chi connectivity index (χ3v) is 3.82. The number of nitrogens with one attached hydrogen (secondary N) is 2. The highest BCUT2D eigenvalue weighted by Crippen LogP contribution is 2.17. The molecule has 0 atom stereocenters. The number of esters is 1. The summed E-state index contributed by atoms with van der Waals surface area (Å²) in [4.78, 5) is 23.7. The summed E-state index contributed by atoms with van der Waals surface area (Å²) < 4.78 is 9.74. The molecule has 8 heteroatoms. The fraction of sp³-hybridized carbons (Fsp3) is 0.100. The van der Waals surface area contributed by atoms with Crippen LogP contribution >= 0.6 is 0 Å². The summed E-state index contributed by atoms with van der Waals surface area (Å²) in [5.74, 6) is 0.393. The van der Waals surface area contributed by atoms with E-state index in [0.717, 1.165) is 5.69 Å². The minimum Gasteiger partial charge on any atom is -0.497 e. The molecule has 8 nitrogen and oxygen atoms in total. The largest absolute Gasteiger partial charge is 0.497 e. The van der Waals surface area contributed by atoms with Crippen LogP contribution in [0.25, 0.3) is 0 Å². The van der Waals surface area contributed by atoms with Gasteiger partial charge in [-0.3, -0.25) is 4.79 Å². The van der Waals surface area contributed by atoms with E-state index >= 15 is 0 Å². The Kier molecular flexibility index (Phi) is 5.81. The summed E-state index contributed by atoms with van der Waals surface area (Å²) in [5, 5.41) is 13.7. The molecule has 0 fully saturated rings. The summed E-state index contributed by atoms with van der Waals surface area (Å²) in [6.07, 6.45) is 0. The monoisotopic (exact) mass is 378 g/mol. The van der Waals surface area contributed by atoms with Crippen LogP contribution in [0, 0.1) is 0 Å². The quantitative estimate of drug-likeness (QED) is 0.635. The van der Waals surface area contributed by atoms with Crippen molar-refractivity contribution >= 4 is 29.1 Å². The third-order valence-electron chi connectivity index (χ3n) is 3.82. The highest BCUT2D eigenvalue weighted by molar-refractivity contribution is 6.02. The summed E-state index contributed by atoms with van der Waals surface area (Å²) >= 11 is 0. The van der Waals surface area contributed by atoms with Crippen molar-refractivity contribution in [2.24, 2.45) is 0 Å². The summed E-state index contributed by atoms with van der Waals surface area (Å²) in [6.45, 7) is 0. The molecule has 3 rings (SSSR count). The van der Waals surface area contributed by atoms with E-state index in [1.165, 1.54) is 7.11 Å². The number of carbonyl (C=O) groups is 2. The molecule has 1 heterocycles. The Bertz CT molecular complexity index is 955. The van der Waals surface area contributed by atoms with Gasteiger partial charge in [0.05, 0.1) is 19.8 Å². The number of ether oxygens (including phenoxy) is 2. The number of hydrogen-bond donors (Lipinski definition) is 2. The van der Waals surface area contributed by atoms with Gasteiger partial charge in [0, 0.05) is 11.4 Å². The van der Waals surface area contributed by atoms with Gasteiger partial charge in [-0.15, -0.1) is 10.2 Å². The molecule has 0 spiro atoms. The van der Waals surface area contributed by atoms with Gasteiger partial charge in [-0.2, -0.15) is 0 Å². The minimum absolute atomic E-state index is 0.183. The van der Waals surface area contributed by atoms with Crippen LogP contribution in [0.3, 0.4) is 0 Å². The number of amides is 1. The Morgan fingerprint density at radius 3 is 2.07 bits per heavy atom. The molecule has 142 valence electrons. The van der Waals surface area contributed by atoms with Gasteiger partial charge >= 0.3 is 5.97 Å². The summed E-state index contributed by atoms with van der Waals surface area (Å²) in [5.41, 5.74) is 1.98. The maximum absolute atomic E-state index is 12.3. The Labute approximate surface area is 161 Å². The fourth-order valence-electron chi connectivity index (χ4n) is 2.34. The molecule has 28 heavy (non-hydrogen) atoms. The Morgan fingerprint density at radius 1 is 0.821 bits per heavy atom. The lowest BCUT2D eigenvalue weighted by atomic mass is 10.2. The lowest BCUT2D eigenvalue weighted by Gasteiger charge is -2.07. The van der Waals surface area contributed by atoms with E-state index in [4.69, 9.17) is 4.74 Å². The van der Waals surface area contributed by atoms with E-state index < -0.39 is 5.97 Å². The highest BCUT2D eigenvalue weighted by atomic mass is 16.5. The second kappa shape index (κ2) is 8.63. The van der Waals surface area contributed by atoms with Gasteiger partial charge in [0.15, 0.2) is 11.5 Å². The van der Waals surface area contributed by atoms with Gasteiger partial charge in [-0.25, -0.2) is 4.79 Å². The molecular formula is C20H18N4O4. The van der Waals surface area contributed by atoms with Crippen molar-refractivity contribution in [2.75, 3.05) is 24.9 Å². The summed E-state index contributed by atoms with van der Waals surface area (Å²) in [6, 6.07) is 16.9. The molecule has 0 aliphatic heterocycles. The van der Waals surface area contributed by atoms with E-state index in [9.17, 15) is 9.59 Å². The molecule has 0 unspecified atom stereocenters. The summed E-state index contributed by atoms with van der Waals surface area (Å²) in [7, 11) is 2.91. The van der Waals surface area contributed by atoms with Crippen LogP contribution in [0.1, 0.15) is 20.8 Å². The highest BCUT2D eigenvalue weighted by Gasteiger charge is 2.09. The Morgan fingerprint density at radius 2 is 1.50 bits per heavy atom. The average Bonchev–Trinajstić information content (AvgIpc) is 2.74. The number of hydrogen-bond acceptors (Lipinski definition) is 7. The number of benzene rings is 2. The van der Waals surface area contributed by atoms with E-state index in [2.05, 4.69) is 25.6 Å². The first-order chi connectivity index (χ1) is 13.6. The molecular weight excluding hydrogens is 360 g/mol. The standard InChI is InChI=1S/C20H18N4O4/c1-27-16-9-7-15(8-10-16)22-19(25)17-11-12-18(24-23-17)21-14-5-3-13(4-6-14)20(26)28-2/h3-12H,1-2H3,(H,21,24)(H,22,25). The average molecular weight is 378 g/mol. The molecule has 0 radical (unpaired) electrons. The van der Waals surface area contributed by atoms with Gasteiger partial charge in [0.1, 0.15) is 5.75 Å². The van der Waals surface area contributed by atoms with E-state index in [-0.39, 0.29) is 11.6 Å². The van der Waals surface area contributed by atoms with Crippen LogP contribution in [-0.4, -0.2) is 36.3 Å². The molecule has 0 saturated carbocycles. The molecule has 2 aromatic carbocycles. The first-order valence-electron chi connectivity index (χ1n) is 8.33. The smallest absolute Gasteiger partial charge is 0.337 e. The maximum atomic E-state index is 12.3. The zero-order chi connectivity index (χ0) is 19.9. The van der Waals surface area contributed by atoms with Crippen LogP contribution in [0.2, 0.25) is 0 Å². The topological polar surface area (TPSA) is 102 Å². The van der Waals surface area contributed by atoms with Crippen molar-refractivity contribution in [3.05, 3.63) is 71.9 Å². The van der Waals surface area contributed by atoms with Crippen molar-refractivity contribution in [1.29, 1.82) is 0 Å². The number of methoxy groups -OCH3 is 2. The molecule has 0 aliphatic carbocycles. The number of nitrogens with zero attached hydrogens (tertiary/aromatic N) is 2. The zero-order valence-corrected chi connectivity index (χ0v) is 15.3. The van der Waals surface area contributed by atoms with Crippen molar-refractivity contribution in [3.63, 3.8) is 0 Å². The molecule has 2 N–H and O–H groups in total. The van der Waals surface area contributed by atoms with E-state index in [0.29, 0.717) is 22.8 Å². The van der Waals surface area contributed by atoms with E-state index in [1.807, 2.05) is 0 Å². The number of anilines is 3. The number of rotatable bonds is 6. The molecule has 1 aromatic heterocycles. The van der Waals surface area contributed by atoms with Crippen LogP contribution in [0.5, 0.6) is 5.75 Å². The van der Waals surface area contributed by atoms with Gasteiger partial charge in [0.25, 0.3) is 5.91 Å². The maximum Gasteiger partial charge on any atom is 0.337 e. The molecule has 1 amide bonds. The lowest BCUT2D eigenvalue weighted by molar-refractivity contribution is 0.0600. The first kappa shape index (κ1) is 18.8. The van der Waals surface area contributed by atoms with Crippen LogP contribution in [-0.2, 0) is 4.74 Å². The lowest BCUT2D eigenvalue weighted by Crippen LogP contribution is -2.14. The van der Waals surface area contributed by atoms with E-state index in [1.54, 1.807) is 67.8 Å². The van der Waals surface area contributed by atoms with Crippen LogP contribution < -0.4 is 15.4 Å². The SMILES string of the molecule is COC(=O)c1ccc(Nc2ccc(C(=O)Nc3ccc(OC)cc3)nn2)cc1. The van der Waals surface area contributed by atoms with Crippen molar-refractivity contribution in [2.45, 2.75) is 0 Å². The number of aromatic nitrogens is 2. The van der Waals surface area contributed by atoms with Gasteiger partial charge < -0.3 is 20.1 Å². The van der Waals surface area contributed by atoms with Crippen molar-refractivity contribution in [1.82, 2.24) is 10.2 Å². The predicted molar refractivity (Wildman–Crippen MR) is 104 cm³/mol. The first-order valence-corrected chi connectivity index (χ1v) is 8.33. The number of carbonyl (C=O) groups excluding carboxylic acids is 2. The minimum atomic E-state index is -0.404. The van der Waals surface area contributed by atoms with Crippen LogP contribution in [0.4, 0.5) is 17.2 Å². The molecule has 0 aliphatic rings. The van der Waals surface area contributed by atoms with Crippen LogP contribution in [0.15, 0.2) is 60.7 Å².